The fourth-order valence-electron chi connectivity index (χ4n) is 1.60. The topological polar surface area (TPSA) is 57.6 Å². The molecule has 0 aliphatic heterocycles. The normalized spacial score (nSPS) is 20.6. The molecular formula is C10H15NO3. The summed E-state index contributed by atoms with van der Waals surface area (Å²) in [6.07, 6.45) is 4.59. The molecular weight excluding hydrogens is 182 g/mol. The molecule has 0 unspecified atom stereocenters. The first-order chi connectivity index (χ1) is 6.66. The first-order valence-electron chi connectivity index (χ1n) is 5.19. The molecule has 0 aromatic carbocycles. The molecule has 0 radical (unpaired) electrons. The third-order valence-electron chi connectivity index (χ3n) is 2.82. The van der Waals surface area contributed by atoms with Crippen LogP contribution in [0.5, 0.6) is 0 Å². The Morgan fingerprint density at radius 3 is 1.79 bits per heavy atom. The van der Waals surface area contributed by atoms with Gasteiger partial charge in [-0.05, 0) is 37.5 Å². The zero-order valence-electron chi connectivity index (χ0n) is 8.11. The highest BCUT2D eigenvalue weighted by atomic mass is 16.4. The Hall–Kier alpha value is -1.06. The van der Waals surface area contributed by atoms with Crippen LogP contribution < -0.4 is 0 Å². The minimum atomic E-state index is -1.31. The Labute approximate surface area is 82.9 Å². The fraction of sp³-hybridized carbons (Fsp3) is 0.800. The lowest BCUT2D eigenvalue weighted by Crippen LogP contribution is -2.39. The molecule has 1 amide bonds. The molecule has 2 fully saturated rings. The first kappa shape index (κ1) is 9.49. The number of hydrogen-bond acceptors (Lipinski definition) is 2. The lowest BCUT2D eigenvalue weighted by atomic mass is 10.3. The van der Waals surface area contributed by atoms with Crippen LogP contribution in [0, 0.1) is 11.8 Å². The van der Waals surface area contributed by atoms with Gasteiger partial charge in [-0.1, -0.05) is 0 Å². The van der Waals surface area contributed by atoms with Crippen LogP contribution in [0.1, 0.15) is 25.7 Å². The van der Waals surface area contributed by atoms with Crippen LogP contribution in [-0.2, 0) is 9.59 Å². The van der Waals surface area contributed by atoms with Crippen LogP contribution in [0.4, 0.5) is 0 Å². The Kier molecular flexibility index (Phi) is 2.44. The largest absolute Gasteiger partial charge is 0.474 e. The van der Waals surface area contributed by atoms with E-state index >= 15 is 0 Å². The molecule has 2 rings (SSSR count). The van der Waals surface area contributed by atoms with Crippen molar-refractivity contribution in [2.75, 3.05) is 13.1 Å². The second-order valence-electron chi connectivity index (χ2n) is 4.40. The van der Waals surface area contributed by atoms with E-state index in [0.717, 1.165) is 25.7 Å². The molecule has 14 heavy (non-hydrogen) atoms. The summed E-state index contributed by atoms with van der Waals surface area (Å²) in [7, 11) is 0. The van der Waals surface area contributed by atoms with Gasteiger partial charge in [0.25, 0.3) is 0 Å². The quantitative estimate of drug-likeness (QED) is 0.675. The van der Waals surface area contributed by atoms with Crippen LogP contribution in [-0.4, -0.2) is 35.0 Å². The van der Waals surface area contributed by atoms with Gasteiger partial charge in [-0.2, -0.15) is 0 Å². The van der Waals surface area contributed by atoms with Crippen LogP contribution in [0.2, 0.25) is 0 Å². The number of carboxylic acid groups (broad SMARTS) is 1. The predicted molar refractivity (Wildman–Crippen MR) is 49.7 cm³/mol. The van der Waals surface area contributed by atoms with Crippen LogP contribution >= 0.6 is 0 Å². The number of aliphatic carboxylic acids is 1. The van der Waals surface area contributed by atoms with Crippen molar-refractivity contribution in [2.45, 2.75) is 25.7 Å². The average molecular weight is 197 g/mol. The van der Waals surface area contributed by atoms with Gasteiger partial charge < -0.3 is 10.0 Å². The van der Waals surface area contributed by atoms with E-state index in [4.69, 9.17) is 5.11 Å². The zero-order valence-corrected chi connectivity index (χ0v) is 8.11. The van der Waals surface area contributed by atoms with Gasteiger partial charge in [0.15, 0.2) is 0 Å². The van der Waals surface area contributed by atoms with Gasteiger partial charge in [0.05, 0.1) is 0 Å². The lowest BCUT2D eigenvalue weighted by molar-refractivity contribution is -0.156. The summed E-state index contributed by atoms with van der Waals surface area (Å²) in [4.78, 5) is 23.4. The molecule has 0 spiro atoms. The molecule has 2 aliphatic rings. The van der Waals surface area contributed by atoms with Crippen molar-refractivity contribution < 1.29 is 14.7 Å². The molecule has 0 aromatic heterocycles. The molecule has 2 aliphatic carbocycles. The summed E-state index contributed by atoms with van der Waals surface area (Å²) >= 11 is 0. The molecule has 0 aromatic rings. The van der Waals surface area contributed by atoms with E-state index in [0.29, 0.717) is 24.9 Å². The standard InChI is InChI=1S/C10H15NO3/c12-9(10(13)14)11(5-7-1-2-7)6-8-3-4-8/h7-8H,1-6H2,(H,13,14). The smallest absolute Gasteiger partial charge is 0.394 e. The molecule has 0 heterocycles. The van der Waals surface area contributed by atoms with E-state index in [9.17, 15) is 9.59 Å². The number of rotatable bonds is 4. The summed E-state index contributed by atoms with van der Waals surface area (Å²) in [5.41, 5.74) is 0. The highest BCUT2D eigenvalue weighted by molar-refractivity contribution is 6.31. The van der Waals surface area contributed by atoms with Crippen molar-refractivity contribution in [3.63, 3.8) is 0 Å². The maximum Gasteiger partial charge on any atom is 0.394 e. The fourth-order valence-corrected chi connectivity index (χ4v) is 1.60. The Bertz CT molecular complexity index is 242. The molecule has 1 N–H and O–H groups in total. The zero-order chi connectivity index (χ0) is 10.1. The van der Waals surface area contributed by atoms with E-state index < -0.39 is 11.9 Å². The van der Waals surface area contributed by atoms with Crippen molar-refractivity contribution in [3.8, 4) is 0 Å². The van der Waals surface area contributed by atoms with E-state index in [1.54, 1.807) is 0 Å². The van der Waals surface area contributed by atoms with Gasteiger partial charge in [0.1, 0.15) is 0 Å². The number of nitrogens with zero attached hydrogens (tertiary/aromatic N) is 1. The summed E-state index contributed by atoms with van der Waals surface area (Å²) in [6, 6.07) is 0. The Balaban J connectivity index is 1.88. The van der Waals surface area contributed by atoms with Gasteiger partial charge >= 0.3 is 11.9 Å². The Morgan fingerprint density at radius 1 is 1.07 bits per heavy atom. The Morgan fingerprint density at radius 2 is 1.50 bits per heavy atom. The number of amides is 1. The molecule has 78 valence electrons. The molecule has 0 saturated heterocycles. The number of carbonyl (C=O) groups excluding carboxylic acids is 1. The predicted octanol–water partition coefficient (Wildman–Crippen LogP) is 0.720. The minimum absolute atomic E-state index is 0.567. The third kappa shape index (κ3) is 2.47. The third-order valence-corrected chi connectivity index (χ3v) is 2.82. The lowest BCUT2D eigenvalue weighted by Gasteiger charge is -2.19. The molecule has 4 heteroatoms. The minimum Gasteiger partial charge on any atom is -0.474 e. The second kappa shape index (κ2) is 3.59. The highest BCUT2D eigenvalue weighted by Crippen LogP contribution is 2.33. The van der Waals surface area contributed by atoms with Gasteiger partial charge in [-0.15, -0.1) is 0 Å². The molecule has 4 nitrogen and oxygen atoms in total. The second-order valence-corrected chi connectivity index (χ2v) is 4.40. The summed E-state index contributed by atoms with van der Waals surface area (Å²) in [5, 5.41) is 8.63. The molecule has 0 bridgehead atoms. The van der Waals surface area contributed by atoms with Crippen molar-refractivity contribution in [3.05, 3.63) is 0 Å². The van der Waals surface area contributed by atoms with Crippen molar-refractivity contribution in [2.24, 2.45) is 11.8 Å². The van der Waals surface area contributed by atoms with Gasteiger partial charge in [0.2, 0.25) is 0 Å². The number of hydrogen-bond donors (Lipinski definition) is 1. The van der Waals surface area contributed by atoms with E-state index in [-0.39, 0.29) is 0 Å². The monoisotopic (exact) mass is 197 g/mol. The van der Waals surface area contributed by atoms with Crippen LogP contribution in [0.15, 0.2) is 0 Å². The number of carbonyl (C=O) groups is 2. The van der Waals surface area contributed by atoms with E-state index in [2.05, 4.69) is 0 Å². The van der Waals surface area contributed by atoms with Gasteiger partial charge in [-0.25, -0.2) is 4.79 Å². The molecule has 2 saturated carbocycles. The summed E-state index contributed by atoms with van der Waals surface area (Å²) in [5.74, 6) is -0.899. The maximum atomic E-state index is 11.3. The van der Waals surface area contributed by atoms with E-state index in [1.165, 1.54) is 4.90 Å². The maximum absolute atomic E-state index is 11.3. The first-order valence-corrected chi connectivity index (χ1v) is 5.19. The SMILES string of the molecule is O=C(O)C(=O)N(CC1CC1)CC1CC1. The summed E-state index contributed by atoms with van der Waals surface area (Å²) < 4.78 is 0. The highest BCUT2D eigenvalue weighted by Gasteiger charge is 2.33. The molecule has 0 atom stereocenters. The van der Waals surface area contributed by atoms with E-state index in [1.807, 2.05) is 0 Å². The van der Waals surface area contributed by atoms with Crippen molar-refractivity contribution >= 4 is 11.9 Å². The van der Waals surface area contributed by atoms with Crippen LogP contribution in [0.3, 0.4) is 0 Å². The van der Waals surface area contributed by atoms with Crippen LogP contribution in [0.25, 0.3) is 0 Å². The summed E-state index contributed by atoms with van der Waals surface area (Å²) in [6.45, 7) is 1.31. The van der Waals surface area contributed by atoms with Gasteiger partial charge in [0, 0.05) is 13.1 Å². The van der Waals surface area contributed by atoms with Crippen molar-refractivity contribution in [1.82, 2.24) is 4.90 Å². The van der Waals surface area contributed by atoms with Gasteiger partial charge in [-0.3, -0.25) is 4.79 Å². The van der Waals surface area contributed by atoms with Crippen molar-refractivity contribution in [1.29, 1.82) is 0 Å². The average Bonchev–Trinajstić information content (AvgIpc) is 2.94. The number of carboxylic acids is 1.